The zero-order chi connectivity index (χ0) is 15.1. The zero-order valence-electron chi connectivity index (χ0n) is 12.8. The van der Waals surface area contributed by atoms with E-state index in [1.807, 2.05) is 17.7 Å². The number of ether oxygens (including phenoxy) is 1. The monoisotopic (exact) mass is 290 g/mol. The Morgan fingerprint density at radius 1 is 1.14 bits per heavy atom. The van der Waals surface area contributed by atoms with Crippen molar-refractivity contribution in [3.8, 4) is 12.0 Å². The van der Waals surface area contributed by atoms with Crippen molar-refractivity contribution in [2.45, 2.75) is 40.0 Å². The second-order valence-electron chi connectivity index (χ2n) is 4.56. The van der Waals surface area contributed by atoms with Gasteiger partial charge in [0.05, 0.1) is 6.61 Å². The van der Waals surface area contributed by atoms with E-state index in [-0.39, 0.29) is 0 Å². The Morgan fingerprint density at radius 3 is 2.71 bits per heavy atom. The molecular formula is C14H22N6O. The first kappa shape index (κ1) is 15.2. The smallest absolute Gasteiger partial charge is 0.323 e. The highest BCUT2D eigenvalue weighted by Crippen LogP contribution is 2.13. The number of nitrogens with one attached hydrogen (secondary N) is 1. The lowest BCUT2D eigenvalue weighted by atomic mass is 10.3. The Balaban J connectivity index is 2.36. The summed E-state index contributed by atoms with van der Waals surface area (Å²) in [6.07, 6.45) is 6.51. The van der Waals surface area contributed by atoms with Gasteiger partial charge in [-0.1, -0.05) is 13.8 Å². The van der Waals surface area contributed by atoms with E-state index in [1.54, 1.807) is 6.20 Å². The first-order valence-electron chi connectivity index (χ1n) is 7.43. The van der Waals surface area contributed by atoms with Crippen molar-refractivity contribution in [3.63, 3.8) is 0 Å². The maximum Gasteiger partial charge on any atom is 0.323 e. The van der Waals surface area contributed by atoms with Crippen LogP contribution < -0.4 is 10.1 Å². The van der Waals surface area contributed by atoms with Gasteiger partial charge in [0.2, 0.25) is 11.9 Å². The molecule has 0 radical (unpaired) electrons. The van der Waals surface area contributed by atoms with Gasteiger partial charge in [0.25, 0.3) is 0 Å². The molecule has 2 aromatic heterocycles. The van der Waals surface area contributed by atoms with Crippen molar-refractivity contribution in [2.75, 3.05) is 18.5 Å². The lowest BCUT2D eigenvalue weighted by molar-refractivity contribution is 0.311. The van der Waals surface area contributed by atoms with Crippen LogP contribution in [0.15, 0.2) is 12.4 Å². The van der Waals surface area contributed by atoms with Gasteiger partial charge < -0.3 is 10.1 Å². The van der Waals surface area contributed by atoms with Crippen LogP contribution >= 0.6 is 0 Å². The summed E-state index contributed by atoms with van der Waals surface area (Å²) in [5.74, 6) is 2.00. The van der Waals surface area contributed by atoms with Crippen molar-refractivity contribution in [3.05, 3.63) is 18.2 Å². The number of aryl methyl sites for hydroxylation is 1. The first-order chi connectivity index (χ1) is 10.3. The van der Waals surface area contributed by atoms with Crippen LogP contribution in [0.1, 0.15) is 39.4 Å². The van der Waals surface area contributed by atoms with Crippen LogP contribution in [0.3, 0.4) is 0 Å². The Morgan fingerprint density at radius 2 is 2.00 bits per heavy atom. The minimum Gasteiger partial charge on any atom is -0.464 e. The molecule has 2 heterocycles. The molecule has 0 atom stereocenters. The first-order valence-corrected chi connectivity index (χ1v) is 7.43. The van der Waals surface area contributed by atoms with E-state index in [0.717, 1.165) is 31.6 Å². The number of rotatable bonds is 8. The molecule has 1 N–H and O–H groups in total. The number of hydrogen-bond acceptors (Lipinski definition) is 6. The fourth-order valence-electron chi connectivity index (χ4n) is 1.89. The molecule has 0 saturated carbocycles. The van der Waals surface area contributed by atoms with Crippen molar-refractivity contribution in [1.29, 1.82) is 0 Å². The topological polar surface area (TPSA) is 77.8 Å². The van der Waals surface area contributed by atoms with Gasteiger partial charge in [0.1, 0.15) is 5.82 Å². The van der Waals surface area contributed by atoms with Crippen molar-refractivity contribution < 1.29 is 4.74 Å². The second-order valence-corrected chi connectivity index (χ2v) is 4.56. The SMILES string of the molecule is CCCNc1nc(OCC)nc(-n2ccnc2CCC)n1. The molecular weight excluding hydrogens is 268 g/mol. The van der Waals surface area contributed by atoms with E-state index in [4.69, 9.17) is 4.74 Å². The summed E-state index contributed by atoms with van der Waals surface area (Å²) in [4.78, 5) is 17.4. The average molecular weight is 290 g/mol. The molecule has 114 valence electrons. The van der Waals surface area contributed by atoms with Crippen molar-refractivity contribution in [1.82, 2.24) is 24.5 Å². The summed E-state index contributed by atoms with van der Waals surface area (Å²) in [5, 5.41) is 3.17. The Hall–Kier alpha value is -2.18. The molecule has 21 heavy (non-hydrogen) atoms. The molecule has 2 aromatic rings. The Labute approximate surface area is 124 Å². The average Bonchev–Trinajstić information content (AvgIpc) is 2.94. The molecule has 7 heteroatoms. The number of nitrogens with zero attached hydrogens (tertiary/aromatic N) is 5. The van der Waals surface area contributed by atoms with Crippen molar-refractivity contribution in [2.24, 2.45) is 0 Å². The molecule has 7 nitrogen and oxygen atoms in total. The lowest BCUT2D eigenvalue weighted by Crippen LogP contribution is -2.12. The van der Waals surface area contributed by atoms with Crippen molar-refractivity contribution >= 4 is 5.95 Å². The van der Waals surface area contributed by atoms with Crippen LogP contribution in [0, 0.1) is 0 Å². The van der Waals surface area contributed by atoms with Crippen LogP contribution in [-0.4, -0.2) is 37.7 Å². The fourth-order valence-corrected chi connectivity index (χ4v) is 1.89. The lowest BCUT2D eigenvalue weighted by Gasteiger charge is -2.10. The van der Waals surface area contributed by atoms with Crippen LogP contribution in [0.25, 0.3) is 5.95 Å². The van der Waals surface area contributed by atoms with Gasteiger partial charge in [-0.05, 0) is 19.8 Å². The summed E-state index contributed by atoms with van der Waals surface area (Å²) < 4.78 is 7.31. The third kappa shape index (κ3) is 3.90. The summed E-state index contributed by atoms with van der Waals surface area (Å²) in [6, 6.07) is 0.331. The van der Waals surface area contributed by atoms with Gasteiger partial charge in [0.15, 0.2) is 0 Å². The van der Waals surface area contributed by atoms with E-state index in [1.165, 1.54) is 0 Å². The molecule has 0 aliphatic heterocycles. The third-order valence-corrected chi connectivity index (χ3v) is 2.82. The van der Waals surface area contributed by atoms with Crippen LogP contribution in [0.5, 0.6) is 6.01 Å². The molecule has 2 rings (SSSR count). The van der Waals surface area contributed by atoms with E-state index in [9.17, 15) is 0 Å². The molecule has 0 spiro atoms. The number of aromatic nitrogens is 5. The molecule has 0 aliphatic carbocycles. The molecule has 0 aromatic carbocycles. The van der Waals surface area contributed by atoms with Crippen LogP contribution in [0.2, 0.25) is 0 Å². The number of anilines is 1. The molecule has 0 fully saturated rings. The van der Waals surface area contributed by atoms with Gasteiger partial charge in [0, 0.05) is 25.4 Å². The van der Waals surface area contributed by atoms with E-state index in [0.29, 0.717) is 24.5 Å². The molecule has 0 saturated heterocycles. The Bertz CT molecular complexity index is 568. The predicted molar refractivity (Wildman–Crippen MR) is 80.9 cm³/mol. The van der Waals surface area contributed by atoms with Crippen LogP contribution in [-0.2, 0) is 6.42 Å². The van der Waals surface area contributed by atoms with E-state index in [2.05, 4.69) is 39.1 Å². The standard InChI is InChI=1S/C14H22N6O/c1-4-7-11-15-9-10-20(11)13-17-12(16-8-5-2)18-14(19-13)21-6-3/h9-10H,4-8H2,1-3H3,(H,16,17,18,19). The normalized spacial score (nSPS) is 10.6. The molecule has 0 unspecified atom stereocenters. The third-order valence-electron chi connectivity index (χ3n) is 2.82. The second kappa shape index (κ2) is 7.56. The molecule has 0 amide bonds. The maximum atomic E-state index is 5.43. The summed E-state index contributed by atoms with van der Waals surface area (Å²) in [5.41, 5.74) is 0. The van der Waals surface area contributed by atoms with Gasteiger partial charge in [-0.2, -0.15) is 15.0 Å². The van der Waals surface area contributed by atoms with Gasteiger partial charge in [-0.25, -0.2) is 4.98 Å². The van der Waals surface area contributed by atoms with Gasteiger partial charge in [-0.3, -0.25) is 4.57 Å². The summed E-state index contributed by atoms with van der Waals surface area (Å²) >= 11 is 0. The minimum absolute atomic E-state index is 0.331. The predicted octanol–water partition coefficient (Wildman–Crippen LogP) is 2.23. The van der Waals surface area contributed by atoms with E-state index >= 15 is 0 Å². The highest BCUT2D eigenvalue weighted by Gasteiger charge is 2.11. The van der Waals surface area contributed by atoms with Gasteiger partial charge in [-0.15, -0.1) is 0 Å². The van der Waals surface area contributed by atoms with E-state index < -0.39 is 0 Å². The Kier molecular flexibility index (Phi) is 5.48. The number of imidazole rings is 1. The minimum atomic E-state index is 0.331. The quantitative estimate of drug-likeness (QED) is 0.803. The van der Waals surface area contributed by atoms with Gasteiger partial charge >= 0.3 is 6.01 Å². The highest BCUT2D eigenvalue weighted by molar-refractivity contribution is 5.31. The maximum absolute atomic E-state index is 5.43. The number of hydrogen-bond donors (Lipinski definition) is 1. The summed E-state index contributed by atoms with van der Waals surface area (Å²) in [7, 11) is 0. The molecule has 0 bridgehead atoms. The fraction of sp³-hybridized carbons (Fsp3) is 0.571. The largest absolute Gasteiger partial charge is 0.464 e. The zero-order valence-corrected chi connectivity index (χ0v) is 12.8. The summed E-state index contributed by atoms with van der Waals surface area (Å²) in [6.45, 7) is 7.44. The highest BCUT2D eigenvalue weighted by atomic mass is 16.5. The molecule has 0 aliphatic rings. The van der Waals surface area contributed by atoms with Crippen LogP contribution in [0.4, 0.5) is 5.95 Å².